The highest BCUT2D eigenvalue weighted by Crippen LogP contribution is 2.30. The van der Waals surface area contributed by atoms with Gasteiger partial charge in [-0.15, -0.1) is 0 Å². The van der Waals surface area contributed by atoms with Crippen LogP contribution in [0, 0.1) is 5.92 Å². The third kappa shape index (κ3) is 6.97. The maximum Gasteiger partial charge on any atom is 0.253 e. The zero-order chi connectivity index (χ0) is 23.8. The summed E-state index contributed by atoms with van der Waals surface area (Å²) in [6.45, 7) is 9.78. The van der Waals surface area contributed by atoms with Crippen LogP contribution < -0.4 is 9.47 Å². The Kier molecular flexibility index (Phi) is 8.83. The Balaban J connectivity index is 1.44. The summed E-state index contributed by atoms with van der Waals surface area (Å²) in [6, 6.07) is 16.5. The van der Waals surface area contributed by atoms with Crippen molar-refractivity contribution in [2.24, 2.45) is 5.92 Å². The van der Waals surface area contributed by atoms with Gasteiger partial charge in [0.15, 0.2) is 11.5 Å². The summed E-state index contributed by atoms with van der Waals surface area (Å²) in [5, 5.41) is 0. The lowest BCUT2D eigenvalue weighted by molar-refractivity contribution is -0.151. The molecule has 1 unspecified atom stereocenters. The quantitative estimate of drug-likeness (QED) is 0.601. The van der Waals surface area contributed by atoms with Crippen molar-refractivity contribution in [3.8, 4) is 11.5 Å². The van der Waals surface area contributed by atoms with E-state index in [2.05, 4.69) is 43.0 Å². The lowest BCUT2D eigenvalue weighted by Gasteiger charge is -2.35. The number of carbonyl (C=O) groups is 1. The summed E-state index contributed by atoms with van der Waals surface area (Å²) in [6.07, 6.45) is 2.75. The first-order chi connectivity index (χ1) is 16.6. The molecule has 6 heteroatoms. The lowest BCUT2D eigenvalue weighted by Crippen LogP contribution is -2.51. The Morgan fingerprint density at radius 3 is 2.50 bits per heavy atom. The van der Waals surface area contributed by atoms with Crippen molar-refractivity contribution < 1.29 is 19.0 Å². The van der Waals surface area contributed by atoms with Gasteiger partial charge >= 0.3 is 0 Å². The van der Waals surface area contributed by atoms with Gasteiger partial charge in [0.1, 0.15) is 6.10 Å². The van der Waals surface area contributed by atoms with Crippen LogP contribution in [0.5, 0.6) is 11.5 Å². The molecule has 0 radical (unpaired) electrons. The van der Waals surface area contributed by atoms with E-state index in [1.54, 1.807) is 0 Å². The second kappa shape index (κ2) is 12.2. The molecular weight excluding hydrogens is 428 g/mol. The molecule has 2 aromatic rings. The highest BCUT2D eigenvalue weighted by atomic mass is 16.5. The van der Waals surface area contributed by atoms with Gasteiger partial charge in [-0.1, -0.05) is 50.2 Å². The van der Waals surface area contributed by atoms with Gasteiger partial charge in [0.25, 0.3) is 5.91 Å². The minimum atomic E-state index is -0.441. The van der Waals surface area contributed by atoms with Crippen molar-refractivity contribution in [2.75, 3.05) is 39.5 Å². The van der Waals surface area contributed by atoms with E-state index in [1.165, 1.54) is 5.56 Å². The van der Waals surface area contributed by atoms with Gasteiger partial charge in [0.05, 0.1) is 19.8 Å². The van der Waals surface area contributed by atoms with E-state index in [-0.39, 0.29) is 5.91 Å². The Morgan fingerprint density at radius 1 is 0.971 bits per heavy atom. The van der Waals surface area contributed by atoms with Crippen LogP contribution in [0.25, 0.3) is 0 Å². The van der Waals surface area contributed by atoms with Crippen LogP contribution in [0.4, 0.5) is 0 Å². The summed E-state index contributed by atoms with van der Waals surface area (Å²) in [5.74, 6) is 1.99. The second-order valence-corrected chi connectivity index (χ2v) is 9.73. The van der Waals surface area contributed by atoms with Gasteiger partial charge in [-0.25, -0.2) is 0 Å². The van der Waals surface area contributed by atoms with Gasteiger partial charge in [-0.2, -0.15) is 0 Å². The minimum Gasteiger partial charge on any atom is -0.490 e. The number of nitrogens with zero attached hydrogens (tertiary/aromatic N) is 2. The van der Waals surface area contributed by atoms with Crippen molar-refractivity contribution in [3.05, 3.63) is 59.7 Å². The van der Waals surface area contributed by atoms with Crippen LogP contribution >= 0.6 is 0 Å². The van der Waals surface area contributed by atoms with Crippen molar-refractivity contribution in [1.82, 2.24) is 9.80 Å². The van der Waals surface area contributed by atoms with E-state index in [1.807, 2.05) is 29.2 Å². The molecular formula is C28H38N2O4. The zero-order valence-electron chi connectivity index (χ0n) is 20.6. The molecule has 2 heterocycles. The SMILES string of the molecule is CC(C)CN(Cc1ccc2c(c1)OCCCCCO2)C(=O)C1CN(Cc2ccccc2)CCO1. The fraction of sp³-hybridized carbons (Fsp3) is 0.536. The van der Waals surface area contributed by atoms with Crippen LogP contribution in [0.1, 0.15) is 44.2 Å². The second-order valence-electron chi connectivity index (χ2n) is 9.73. The number of hydrogen-bond donors (Lipinski definition) is 0. The minimum absolute atomic E-state index is 0.0622. The number of carbonyl (C=O) groups excluding carboxylic acids is 1. The molecule has 1 amide bonds. The van der Waals surface area contributed by atoms with Gasteiger partial charge in [-0.3, -0.25) is 9.69 Å². The molecule has 1 saturated heterocycles. The highest BCUT2D eigenvalue weighted by molar-refractivity contribution is 5.81. The summed E-state index contributed by atoms with van der Waals surface area (Å²) in [7, 11) is 0. The Hall–Kier alpha value is -2.57. The number of rotatable bonds is 7. The molecule has 2 aliphatic rings. The number of benzene rings is 2. The summed E-state index contributed by atoms with van der Waals surface area (Å²) >= 11 is 0. The van der Waals surface area contributed by atoms with Crippen LogP contribution in [0.15, 0.2) is 48.5 Å². The summed E-state index contributed by atoms with van der Waals surface area (Å²) < 4.78 is 17.9. The smallest absolute Gasteiger partial charge is 0.253 e. The lowest BCUT2D eigenvalue weighted by atomic mass is 10.1. The molecule has 2 aliphatic heterocycles. The van der Waals surface area contributed by atoms with E-state index >= 15 is 0 Å². The van der Waals surface area contributed by atoms with Gasteiger partial charge in [0, 0.05) is 32.7 Å². The highest BCUT2D eigenvalue weighted by Gasteiger charge is 2.31. The van der Waals surface area contributed by atoms with Crippen LogP contribution in [-0.4, -0.2) is 61.3 Å². The molecule has 184 valence electrons. The maximum absolute atomic E-state index is 13.6. The monoisotopic (exact) mass is 466 g/mol. The first kappa shape index (κ1) is 24.6. The molecule has 0 aliphatic carbocycles. The standard InChI is InChI=1S/C28H38N2O4/c1-22(2)18-30(20-24-11-12-25-26(17-24)33-15-8-4-7-14-32-25)28(31)27-21-29(13-16-34-27)19-23-9-5-3-6-10-23/h3,5-6,9-12,17,22,27H,4,7-8,13-16,18-21H2,1-2H3. The first-order valence-corrected chi connectivity index (χ1v) is 12.6. The van der Waals surface area contributed by atoms with E-state index < -0.39 is 6.10 Å². The van der Waals surface area contributed by atoms with E-state index in [0.29, 0.717) is 45.4 Å². The maximum atomic E-state index is 13.6. The van der Waals surface area contributed by atoms with Crippen LogP contribution in [0.3, 0.4) is 0 Å². The van der Waals surface area contributed by atoms with Gasteiger partial charge in [0.2, 0.25) is 0 Å². The normalized spacial score (nSPS) is 19.2. The average Bonchev–Trinajstić information content (AvgIpc) is 2.95. The molecule has 0 saturated carbocycles. The molecule has 34 heavy (non-hydrogen) atoms. The molecule has 1 atom stereocenters. The Labute approximate surface area is 203 Å². The van der Waals surface area contributed by atoms with Gasteiger partial charge in [-0.05, 0) is 48.4 Å². The third-order valence-corrected chi connectivity index (χ3v) is 6.26. The molecule has 0 spiro atoms. The van der Waals surface area contributed by atoms with E-state index in [4.69, 9.17) is 14.2 Å². The summed E-state index contributed by atoms with van der Waals surface area (Å²) in [4.78, 5) is 17.8. The number of hydrogen-bond acceptors (Lipinski definition) is 5. The molecule has 4 rings (SSSR count). The topological polar surface area (TPSA) is 51.2 Å². The summed E-state index contributed by atoms with van der Waals surface area (Å²) in [5.41, 5.74) is 2.31. The fourth-order valence-corrected chi connectivity index (χ4v) is 4.56. The predicted octanol–water partition coefficient (Wildman–Crippen LogP) is 4.51. The molecule has 1 fully saturated rings. The molecule has 0 N–H and O–H groups in total. The van der Waals surface area contributed by atoms with Crippen LogP contribution in [0.2, 0.25) is 0 Å². The predicted molar refractivity (Wildman–Crippen MR) is 133 cm³/mol. The van der Waals surface area contributed by atoms with E-state index in [0.717, 1.165) is 49.4 Å². The van der Waals surface area contributed by atoms with Crippen molar-refractivity contribution in [2.45, 2.75) is 52.3 Å². The molecule has 0 aromatic heterocycles. The number of morpholine rings is 1. The first-order valence-electron chi connectivity index (χ1n) is 12.6. The number of amides is 1. The number of fused-ring (bicyclic) bond motifs is 1. The average molecular weight is 467 g/mol. The van der Waals surface area contributed by atoms with Crippen molar-refractivity contribution in [1.29, 1.82) is 0 Å². The van der Waals surface area contributed by atoms with E-state index in [9.17, 15) is 4.79 Å². The van der Waals surface area contributed by atoms with Crippen molar-refractivity contribution in [3.63, 3.8) is 0 Å². The molecule has 6 nitrogen and oxygen atoms in total. The zero-order valence-corrected chi connectivity index (χ0v) is 20.6. The number of ether oxygens (including phenoxy) is 3. The largest absolute Gasteiger partial charge is 0.490 e. The van der Waals surface area contributed by atoms with Gasteiger partial charge < -0.3 is 19.1 Å². The fourth-order valence-electron chi connectivity index (χ4n) is 4.56. The Morgan fingerprint density at radius 2 is 1.74 bits per heavy atom. The Bertz CT molecular complexity index is 918. The van der Waals surface area contributed by atoms with Crippen molar-refractivity contribution >= 4 is 5.91 Å². The molecule has 2 aromatic carbocycles. The van der Waals surface area contributed by atoms with Crippen LogP contribution in [-0.2, 0) is 22.6 Å². The third-order valence-electron chi connectivity index (χ3n) is 6.26. The molecule has 0 bridgehead atoms.